The number of piperidine rings is 1. The lowest BCUT2D eigenvalue weighted by Gasteiger charge is -2.31. The zero-order valence-electron chi connectivity index (χ0n) is 15.7. The number of benzene rings is 2. The molecule has 1 aliphatic heterocycles. The SMILES string of the molecule is Cc1ccc2nc(N3CCC[C@@H](C(=O)NCCc4ccccc4)C3)[nH]c2c1. The summed E-state index contributed by atoms with van der Waals surface area (Å²) >= 11 is 0. The third kappa shape index (κ3) is 4.13. The van der Waals surface area contributed by atoms with Crippen molar-refractivity contribution < 1.29 is 4.79 Å². The largest absolute Gasteiger partial charge is 0.355 e. The van der Waals surface area contributed by atoms with E-state index >= 15 is 0 Å². The number of hydrogen-bond acceptors (Lipinski definition) is 3. The van der Waals surface area contributed by atoms with E-state index in [9.17, 15) is 4.79 Å². The third-order valence-electron chi connectivity index (χ3n) is 5.27. The molecule has 27 heavy (non-hydrogen) atoms. The van der Waals surface area contributed by atoms with Gasteiger partial charge in [0, 0.05) is 19.6 Å². The predicted octanol–water partition coefficient (Wildman–Crippen LogP) is 3.45. The second-order valence-corrected chi connectivity index (χ2v) is 7.39. The number of aromatic amines is 1. The Kier molecular flexibility index (Phi) is 5.10. The van der Waals surface area contributed by atoms with Crippen molar-refractivity contribution in [1.29, 1.82) is 0 Å². The van der Waals surface area contributed by atoms with E-state index in [-0.39, 0.29) is 11.8 Å². The molecule has 0 unspecified atom stereocenters. The summed E-state index contributed by atoms with van der Waals surface area (Å²) in [6, 6.07) is 16.5. The number of nitrogens with zero attached hydrogens (tertiary/aromatic N) is 2. The Morgan fingerprint density at radius 3 is 2.96 bits per heavy atom. The fourth-order valence-electron chi connectivity index (χ4n) is 3.76. The highest BCUT2D eigenvalue weighted by molar-refractivity contribution is 5.80. The molecule has 1 fully saturated rings. The molecule has 5 heteroatoms. The lowest BCUT2D eigenvalue weighted by atomic mass is 9.97. The van der Waals surface area contributed by atoms with Crippen molar-refractivity contribution in [2.45, 2.75) is 26.2 Å². The molecule has 0 bridgehead atoms. The van der Waals surface area contributed by atoms with Gasteiger partial charge < -0.3 is 15.2 Å². The quantitative estimate of drug-likeness (QED) is 0.731. The summed E-state index contributed by atoms with van der Waals surface area (Å²) in [7, 11) is 0. The molecule has 1 aromatic heterocycles. The highest BCUT2D eigenvalue weighted by Gasteiger charge is 2.27. The summed E-state index contributed by atoms with van der Waals surface area (Å²) in [4.78, 5) is 22.9. The fourth-order valence-corrected chi connectivity index (χ4v) is 3.76. The van der Waals surface area contributed by atoms with E-state index in [0.29, 0.717) is 6.54 Å². The van der Waals surface area contributed by atoms with Crippen LogP contribution in [0.2, 0.25) is 0 Å². The first kappa shape index (κ1) is 17.6. The molecule has 0 aliphatic carbocycles. The molecular formula is C22H26N4O. The number of amides is 1. The van der Waals surface area contributed by atoms with Crippen LogP contribution in [0, 0.1) is 12.8 Å². The van der Waals surface area contributed by atoms with E-state index in [0.717, 1.165) is 49.3 Å². The summed E-state index contributed by atoms with van der Waals surface area (Å²) in [5, 5.41) is 3.11. The van der Waals surface area contributed by atoms with E-state index in [1.165, 1.54) is 11.1 Å². The molecule has 1 amide bonds. The van der Waals surface area contributed by atoms with Crippen LogP contribution in [-0.4, -0.2) is 35.5 Å². The van der Waals surface area contributed by atoms with Crippen LogP contribution in [0.3, 0.4) is 0 Å². The van der Waals surface area contributed by atoms with E-state index in [1.54, 1.807) is 0 Å². The summed E-state index contributed by atoms with van der Waals surface area (Å²) in [5.41, 5.74) is 4.50. The van der Waals surface area contributed by atoms with Gasteiger partial charge in [0.25, 0.3) is 0 Å². The number of nitrogens with one attached hydrogen (secondary N) is 2. The molecule has 1 saturated heterocycles. The average Bonchev–Trinajstić information content (AvgIpc) is 3.12. The van der Waals surface area contributed by atoms with Gasteiger partial charge in [-0.25, -0.2) is 4.98 Å². The van der Waals surface area contributed by atoms with E-state index in [2.05, 4.69) is 46.4 Å². The maximum absolute atomic E-state index is 12.6. The summed E-state index contributed by atoms with van der Waals surface area (Å²) < 4.78 is 0. The Hall–Kier alpha value is -2.82. The molecule has 4 rings (SSSR count). The highest BCUT2D eigenvalue weighted by Crippen LogP contribution is 2.24. The Labute approximate surface area is 159 Å². The Balaban J connectivity index is 1.36. The maximum Gasteiger partial charge on any atom is 0.224 e. The lowest BCUT2D eigenvalue weighted by Crippen LogP contribution is -2.43. The standard InChI is InChI=1S/C22H26N4O/c1-16-9-10-19-20(14-16)25-22(24-19)26-13-5-8-18(15-26)21(27)23-12-11-17-6-3-2-4-7-17/h2-4,6-7,9-10,14,18H,5,8,11-13,15H2,1H3,(H,23,27)(H,24,25)/t18-/m1/s1. The molecule has 2 N–H and O–H groups in total. The Bertz CT molecular complexity index is 918. The number of aromatic nitrogens is 2. The minimum absolute atomic E-state index is 0.0180. The van der Waals surface area contributed by atoms with Crippen LogP contribution in [0.1, 0.15) is 24.0 Å². The number of rotatable bonds is 5. The van der Waals surface area contributed by atoms with Crippen LogP contribution in [-0.2, 0) is 11.2 Å². The average molecular weight is 362 g/mol. The number of imidazole rings is 1. The van der Waals surface area contributed by atoms with Crippen LogP contribution < -0.4 is 10.2 Å². The number of carbonyl (C=O) groups excluding carboxylic acids is 1. The first-order valence-corrected chi connectivity index (χ1v) is 9.72. The minimum Gasteiger partial charge on any atom is -0.355 e. The minimum atomic E-state index is 0.0180. The molecule has 140 valence electrons. The van der Waals surface area contributed by atoms with Gasteiger partial charge in [-0.3, -0.25) is 4.79 Å². The fraction of sp³-hybridized carbons (Fsp3) is 0.364. The Morgan fingerprint density at radius 1 is 1.26 bits per heavy atom. The number of aryl methyl sites for hydroxylation is 1. The second kappa shape index (κ2) is 7.82. The second-order valence-electron chi connectivity index (χ2n) is 7.39. The van der Waals surface area contributed by atoms with Crippen LogP contribution >= 0.6 is 0 Å². The molecule has 5 nitrogen and oxygen atoms in total. The van der Waals surface area contributed by atoms with Gasteiger partial charge >= 0.3 is 0 Å². The molecule has 0 radical (unpaired) electrons. The lowest BCUT2D eigenvalue weighted by molar-refractivity contribution is -0.125. The number of H-pyrrole nitrogens is 1. The van der Waals surface area contributed by atoms with Gasteiger partial charge in [-0.15, -0.1) is 0 Å². The number of hydrogen-bond donors (Lipinski definition) is 2. The molecule has 1 atom stereocenters. The van der Waals surface area contributed by atoms with E-state index < -0.39 is 0 Å². The topological polar surface area (TPSA) is 61.0 Å². The number of anilines is 1. The van der Waals surface area contributed by atoms with Crippen LogP contribution in [0.4, 0.5) is 5.95 Å². The number of carbonyl (C=O) groups is 1. The normalized spacial score (nSPS) is 17.2. The molecular weight excluding hydrogens is 336 g/mol. The first-order valence-electron chi connectivity index (χ1n) is 9.72. The van der Waals surface area contributed by atoms with Gasteiger partial charge in [-0.2, -0.15) is 0 Å². The van der Waals surface area contributed by atoms with Crippen molar-refractivity contribution in [3.8, 4) is 0 Å². The smallest absolute Gasteiger partial charge is 0.224 e. The van der Waals surface area contributed by atoms with Crippen molar-refractivity contribution in [2.24, 2.45) is 5.92 Å². The van der Waals surface area contributed by atoms with Crippen molar-refractivity contribution in [2.75, 3.05) is 24.5 Å². The monoisotopic (exact) mass is 362 g/mol. The Morgan fingerprint density at radius 2 is 2.11 bits per heavy atom. The molecule has 0 saturated carbocycles. The van der Waals surface area contributed by atoms with E-state index in [4.69, 9.17) is 4.98 Å². The first-order chi connectivity index (χ1) is 13.2. The maximum atomic E-state index is 12.6. The molecule has 1 aliphatic rings. The van der Waals surface area contributed by atoms with Gasteiger partial charge in [-0.1, -0.05) is 36.4 Å². The summed E-state index contributed by atoms with van der Waals surface area (Å²) in [6.07, 6.45) is 2.81. The van der Waals surface area contributed by atoms with Gasteiger partial charge in [0.05, 0.1) is 17.0 Å². The summed E-state index contributed by atoms with van der Waals surface area (Å²) in [6.45, 7) is 4.42. The van der Waals surface area contributed by atoms with Crippen LogP contribution in [0.15, 0.2) is 48.5 Å². The zero-order chi connectivity index (χ0) is 18.6. The zero-order valence-corrected chi connectivity index (χ0v) is 15.7. The molecule has 0 spiro atoms. The van der Waals surface area contributed by atoms with Crippen LogP contribution in [0.5, 0.6) is 0 Å². The van der Waals surface area contributed by atoms with Gasteiger partial charge in [-0.05, 0) is 49.4 Å². The van der Waals surface area contributed by atoms with Crippen molar-refractivity contribution in [3.63, 3.8) is 0 Å². The molecule has 2 aromatic carbocycles. The van der Waals surface area contributed by atoms with Gasteiger partial charge in [0.1, 0.15) is 0 Å². The van der Waals surface area contributed by atoms with E-state index in [1.807, 2.05) is 24.3 Å². The van der Waals surface area contributed by atoms with Crippen molar-refractivity contribution >= 4 is 22.9 Å². The van der Waals surface area contributed by atoms with Crippen molar-refractivity contribution in [1.82, 2.24) is 15.3 Å². The van der Waals surface area contributed by atoms with Gasteiger partial charge in [0.15, 0.2) is 0 Å². The summed E-state index contributed by atoms with van der Waals surface area (Å²) in [5.74, 6) is 1.05. The van der Waals surface area contributed by atoms with Crippen molar-refractivity contribution in [3.05, 3.63) is 59.7 Å². The molecule has 3 aromatic rings. The predicted molar refractivity (Wildman–Crippen MR) is 109 cm³/mol. The van der Waals surface area contributed by atoms with Crippen LogP contribution in [0.25, 0.3) is 11.0 Å². The highest BCUT2D eigenvalue weighted by atomic mass is 16.1. The number of fused-ring (bicyclic) bond motifs is 1. The van der Waals surface area contributed by atoms with Gasteiger partial charge in [0.2, 0.25) is 11.9 Å². The third-order valence-corrected chi connectivity index (χ3v) is 5.27. The molecule has 2 heterocycles.